The summed E-state index contributed by atoms with van der Waals surface area (Å²) in [6.07, 6.45) is 3.40. The maximum Gasteiger partial charge on any atom is 0.338 e. The second kappa shape index (κ2) is 10.8. The van der Waals surface area contributed by atoms with E-state index in [2.05, 4.69) is 4.99 Å². The number of hydrogen-bond donors (Lipinski definition) is 0. The Kier molecular flexibility index (Phi) is 7.47. The van der Waals surface area contributed by atoms with Gasteiger partial charge >= 0.3 is 5.97 Å². The zero-order chi connectivity index (χ0) is 27.0. The van der Waals surface area contributed by atoms with Crippen LogP contribution in [0.3, 0.4) is 0 Å². The summed E-state index contributed by atoms with van der Waals surface area (Å²) in [5.74, 6) is 0.695. The lowest BCUT2D eigenvalue weighted by Crippen LogP contribution is -2.40. The summed E-state index contributed by atoms with van der Waals surface area (Å²) in [5.41, 5.74) is 2.29. The van der Waals surface area contributed by atoms with E-state index in [0.717, 1.165) is 16.0 Å². The van der Waals surface area contributed by atoms with Gasteiger partial charge in [-0.25, -0.2) is 9.79 Å². The fourth-order valence-electron chi connectivity index (χ4n) is 4.32. The first kappa shape index (κ1) is 26.3. The number of esters is 1. The summed E-state index contributed by atoms with van der Waals surface area (Å²) in [6.45, 7) is 5.37. The minimum Gasteiger partial charge on any atom is -0.459 e. The summed E-state index contributed by atoms with van der Waals surface area (Å²) in [6, 6.07) is 18.2. The van der Waals surface area contributed by atoms with Crippen molar-refractivity contribution in [3.8, 4) is 11.3 Å². The van der Waals surface area contributed by atoms with Crippen LogP contribution in [0, 0.1) is 0 Å². The lowest BCUT2D eigenvalue weighted by Gasteiger charge is -2.25. The van der Waals surface area contributed by atoms with Crippen molar-refractivity contribution in [3.63, 3.8) is 0 Å². The largest absolute Gasteiger partial charge is 0.459 e. The molecule has 1 atom stereocenters. The van der Waals surface area contributed by atoms with Crippen molar-refractivity contribution in [2.75, 3.05) is 6.26 Å². The lowest BCUT2D eigenvalue weighted by atomic mass is 9.96. The van der Waals surface area contributed by atoms with E-state index in [1.807, 2.05) is 60.9 Å². The number of fused-ring (bicyclic) bond motifs is 1. The number of carbonyl (C=O) groups is 1. The standard InChI is InChI=1S/C29H25ClN2O4S2/c1-16(2)35-28(34)25-17(3)31-29-32(26(25)18-8-11-22(37-4)12-9-18)27(33)24(38-29)15-21-10-13-23(36-21)19-6-5-7-20(30)14-19/h5-16,26H,1-4H3/b24-15-/t26-/m0/s1. The predicted octanol–water partition coefficient (Wildman–Crippen LogP) is 5.82. The minimum atomic E-state index is -0.658. The average Bonchev–Trinajstić information content (AvgIpc) is 3.47. The number of thioether (sulfide) groups is 1. The monoisotopic (exact) mass is 564 g/mol. The van der Waals surface area contributed by atoms with Gasteiger partial charge in [-0.3, -0.25) is 9.36 Å². The van der Waals surface area contributed by atoms with Crippen LogP contribution in [0.4, 0.5) is 0 Å². The molecule has 5 rings (SSSR count). The maximum atomic E-state index is 13.8. The molecule has 4 aromatic rings. The van der Waals surface area contributed by atoms with Crippen molar-refractivity contribution in [2.24, 2.45) is 4.99 Å². The molecule has 0 aliphatic carbocycles. The quantitative estimate of drug-likeness (QED) is 0.218. The molecule has 2 aromatic heterocycles. The summed E-state index contributed by atoms with van der Waals surface area (Å²) in [5, 5.41) is 0.612. The van der Waals surface area contributed by atoms with E-state index >= 15 is 0 Å². The highest BCUT2D eigenvalue weighted by atomic mass is 35.5. The van der Waals surface area contributed by atoms with Gasteiger partial charge < -0.3 is 9.15 Å². The molecule has 1 aliphatic rings. The van der Waals surface area contributed by atoms with Crippen molar-refractivity contribution in [2.45, 2.75) is 37.8 Å². The number of benzene rings is 2. The van der Waals surface area contributed by atoms with Crippen LogP contribution in [0.1, 0.15) is 38.1 Å². The second-order valence-electron chi connectivity index (χ2n) is 9.02. The molecule has 194 valence electrons. The van der Waals surface area contributed by atoms with Crippen LogP contribution < -0.4 is 14.9 Å². The molecule has 0 amide bonds. The van der Waals surface area contributed by atoms with Gasteiger partial charge in [-0.15, -0.1) is 11.8 Å². The molecule has 0 saturated carbocycles. The molecule has 38 heavy (non-hydrogen) atoms. The molecule has 9 heteroatoms. The van der Waals surface area contributed by atoms with Crippen molar-refractivity contribution >= 4 is 46.7 Å². The van der Waals surface area contributed by atoms with Crippen LogP contribution in [0.2, 0.25) is 5.02 Å². The summed E-state index contributed by atoms with van der Waals surface area (Å²) in [7, 11) is 0. The fraction of sp³-hybridized carbons (Fsp3) is 0.207. The highest BCUT2D eigenvalue weighted by molar-refractivity contribution is 7.98. The van der Waals surface area contributed by atoms with Crippen molar-refractivity contribution < 1.29 is 13.9 Å². The van der Waals surface area contributed by atoms with Gasteiger partial charge in [0, 0.05) is 21.6 Å². The maximum absolute atomic E-state index is 13.8. The van der Waals surface area contributed by atoms with E-state index in [1.165, 1.54) is 11.3 Å². The number of hydrogen-bond acceptors (Lipinski definition) is 7. The topological polar surface area (TPSA) is 73.8 Å². The third kappa shape index (κ3) is 5.16. The van der Waals surface area contributed by atoms with Crippen LogP contribution >= 0.6 is 34.7 Å². The molecule has 0 N–H and O–H groups in total. The molecule has 3 heterocycles. The van der Waals surface area contributed by atoms with Crippen molar-refractivity contribution in [1.82, 2.24) is 4.57 Å². The van der Waals surface area contributed by atoms with E-state index in [-0.39, 0.29) is 11.7 Å². The number of rotatable bonds is 6. The molecule has 0 radical (unpaired) electrons. The van der Waals surface area contributed by atoms with Crippen LogP contribution in [-0.2, 0) is 9.53 Å². The third-order valence-corrected chi connectivity index (χ3v) is 7.99. The zero-order valence-electron chi connectivity index (χ0n) is 21.2. The molecule has 0 bridgehead atoms. The number of thiazole rings is 1. The molecule has 6 nitrogen and oxygen atoms in total. The molecule has 2 aromatic carbocycles. The van der Waals surface area contributed by atoms with E-state index in [0.29, 0.717) is 37.1 Å². The normalized spacial score (nSPS) is 15.5. The van der Waals surface area contributed by atoms with Gasteiger partial charge in [-0.05, 0) is 69.0 Å². The van der Waals surface area contributed by atoms with Gasteiger partial charge in [-0.2, -0.15) is 0 Å². The Labute approximate surface area is 232 Å². The Bertz CT molecular complexity index is 1730. The molecule has 1 aliphatic heterocycles. The first-order valence-electron chi connectivity index (χ1n) is 12.0. The minimum absolute atomic E-state index is 0.254. The van der Waals surface area contributed by atoms with E-state index in [1.54, 1.807) is 49.2 Å². The number of nitrogens with zero attached hydrogens (tertiary/aromatic N) is 2. The number of carbonyl (C=O) groups excluding carboxylic acids is 1. The average molecular weight is 565 g/mol. The Morgan fingerprint density at radius 3 is 2.63 bits per heavy atom. The Morgan fingerprint density at radius 1 is 1.18 bits per heavy atom. The highest BCUT2D eigenvalue weighted by Crippen LogP contribution is 2.32. The number of allylic oxidation sites excluding steroid dienone is 1. The number of halogens is 1. The fourth-order valence-corrected chi connectivity index (χ4v) is 5.94. The van der Waals surface area contributed by atoms with Crippen LogP contribution in [0.5, 0.6) is 0 Å². The summed E-state index contributed by atoms with van der Waals surface area (Å²) >= 11 is 9.01. The molecule has 0 fully saturated rings. The molecular weight excluding hydrogens is 540 g/mol. The Morgan fingerprint density at radius 2 is 1.95 bits per heavy atom. The van der Waals surface area contributed by atoms with Gasteiger partial charge in [-0.1, -0.05) is 47.2 Å². The van der Waals surface area contributed by atoms with E-state index < -0.39 is 12.0 Å². The van der Waals surface area contributed by atoms with Gasteiger partial charge in [0.05, 0.1) is 27.9 Å². The molecular formula is C29H25ClN2O4S2. The second-order valence-corrected chi connectivity index (χ2v) is 11.3. The number of furan rings is 1. The van der Waals surface area contributed by atoms with Crippen LogP contribution in [-0.4, -0.2) is 22.9 Å². The molecule has 0 unspecified atom stereocenters. The van der Waals surface area contributed by atoms with E-state index in [9.17, 15) is 9.59 Å². The SMILES string of the molecule is CSc1ccc([C@H]2C(C(=O)OC(C)C)=C(C)N=c3s/c(=C\c4ccc(-c5cccc(Cl)c5)o4)c(=O)n32)cc1. The van der Waals surface area contributed by atoms with Gasteiger partial charge in [0.15, 0.2) is 4.80 Å². The zero-order valence-corrected chi connectivity index (χ0v) is 23.6. The van der Waals surface area contributed by atoms with Crippen LogP contribution in [0.15, 0.2) is 91.0 Å². The molecule has 0 saturated heterocycles. The van der Waals surface area contributed by atoms with Gasteiger partial charge in [0.2, 0.25) is 0 Å². The summed E-state index contributed by atoms with van der Waals surface area (Å²) < 4.78 is 13.6. The Hall–Kier alpha value is -3.33. The van der Waals surface area contributed by atoms with Gasteiger partial charge in [0.1, 0.15) is 11.5 Å². The molecule has 0 spiro atoms. The number of ether oxygens (including phenoxy) is 1. The smallest absolute Gasteiger partial charge is 0.338 e. The van der Waals surface area contributed by atoms with Gasteiger partial charge in [0.25, 0.3) is 5.56 Å². The highest BCUT2D eigenvalue weighted by Gasteiger charge is 2.33. The van der Waals surface area contributed by atoms with E-state index in [4.69, 9.17) is 20.8 Å². The first-order valence-corrected chi connectivity index (χ1v) is 14.4. The van der Waals surface area contributed by atoms with Crippen molar-refractivity contribution in [1.29, 1.82) is 0 Å². The number of aromatic nitrogens is 1. The summed E-state index contributed by atoms with van der Waals surface area (Å²) in [4.78, 5) is 33.2. The van der Waals surface area contributed by atoms with Crippen molar-refractivity contribution in [3.05, 3.63) is 108 Å². The lowest BCUT2D eigenvalue weighted by molar-refractivity contribution is -0.143. The van der Waals surface area contributed by atoms with Crippen LogP contribution in [0.25, 0.3) is 17.4 Å². The third-order valence-electron chi connectivity index (χ3n) is 6.03. The predicted molar refractivity (Wildman–Crippen MR) is 152 cm³/mol. The Balaban J connectivity index is 1.63. The first-order chi connectivity index (χ1) is 18.2.